The Morgan fingerprint density at radius 3 is 2.37 bits per heavy atom. The van der Waals surface area contributed by atoms with Gasteiger partial charge in [-0.2, -0.15) is 0 Å². The number of aryl methyl sites for hydroxylation is 1. The second kappa shape index (κ2) is 7.33. The molecule has 138 valence electrons. The van der Waals surface area contributed by atoms with Crippen molar-refractivity contribution in [1.82, 2.24) is 0 Å². The van der Waals surface area contributed by atoms with Gasteiger partial charge in [-0.25, -0.2) is 0 Å². The van der Waals surface area contributed by atoms with Gasteiger partial charge in [-0.1, -0.05) is 54.1 Å². The number of aliphatic hydroxyl groups excluding tert-OH is 1. The van der Waals surface area contributed by atoms with Crippen molar-refractivity contribution in [3.8, 4) is 11.5 Å². The van der Waals surface area contributed by atoms with Gasteiger partial charge in [0.05, 0.1) is 12.8 Å². The molecule has 4 rings (SSSR count). The fourth-order valence-electron chi connectivity index (χ4n) is 3.51. The van der Waals surface area contributed by atoms with E-state index in [1.54, 1.807) is 7.11 Å². The molecular formula is C23H23NO3. The third-order valence-corrected chi connectivity index (χ3v) is 4.96. The predicted octanol–water partition coefficient (Wildman–Crippen LogP) is 4.46. The highest BCUT2D eigenvalue weighted by atomic mass is 16.6. The molecule has 3 aromatic carbocycles. The van der Waals surface area contributed by atoms with Crippen LogP contribution in [0.4, 0.5) is 5.69 Å². The van der Waals surface area contributed by atoms with Gasteiger partial charge in [-0.3, -0.25) is 0 Å². The maximum Gasteiger partial charge on any atom is 0.222 e. The molecule has 4 heteroatoms. The van der Waals surface area contributed by atoms with Crippen LogP contribution in [0.15, 0.2) is 72.8 Å². The lowest BCUT2D eigenvalue weighted by molar-refractivity contribution is -0.0472. The zero-order valence-electron chi connectivity index (χ0n) is 15.5. The van der Waals surface area contributed by atoms with E-state index in [9.17, 15) is 5.11 Å². The maximum atomic E-state index is 10.8. The van der Waals surface area contributed by atoms with Crippen molar-refractivity contribution in [3.63, 3.8) is 0 Å². The second-order valence-corrected chi connectivity index (χ2v) is 6.81. The molecule has 3 aromatic rings. The molecule has 2 atom stereocenters. The van der Waals surface area contributed by atoms with Crippen LogP contribution in [0.5, 0.6) is 11.5 Å². The molecule has 2 unspecified atom stereocenters. The molecule has 0 aliphatic carbocycles. The van der Waals surface area contributed by atoms with Crippen LogP contribution in [0.2, 0.25) is 0 Å². The van der Waals surface area contributed by atoms with Crippen LogP contribution in [0.1, 0.15) is 22.7 Å². The molecule has 1 aliphatic heterocycles. The molecule has 0 fully saturated rings. The minimum Gasteiger partial charge on any atom is -0.497 e. The number of ether oxygens (including phenoxy) is 2. The molecule has 0 saturated heterocycles. The first-order valence-electron chi connectivity index (χ1n) is 9.05. The van der Waals surface area contributed by atoms with Crippen molar-refractivity contribution in [1.29, 1.82) is 0 Å². The van der Waals surface area contributed by atoms with E-state index in [2.05, 4.69) is 48.2 Å². The topological polar surface area (TPSA) is 41.9 Å². The van der Waals surface area contributed by atoms with Gasteiger partial charge >= 0.3 is 0 Å². The van der Waals surface area contributed by atoms with Crippen LogP contribution in [0.3, 0.4) is 0 Å². The zero-order chi connectivity index (χ0) is 18.8. The lowest BCUT2D eigenvalue weighted by Gasteiger charge is -2.41. The normalized spacial score (nSPS) is 18.6. The Morgan fingerprint density at radius 1 is 0.963 bits per heavy atom. The van der Waals surface area contributed by atoms with Gasteiger partial charge in [0.2, 0.25) is 6.29 Å². The first-order chi connectivity index (χ1) is 13.2. The average molecular weight is 361 g/mol. The summed E-state index contributed by atoms with van der Waals surface area (Å²) in [4.78, 5) is 2.20. The first kappa shape index (κ1) is 17.4. The van der Waals surface area contributed by atoms with E-state index < -0.39 is 6.29 Å². The maximum absolute atomic E-state index is 10.8. The van der Waals surface area contributed by atoms with Crippen molar-refractivity contribution in [3.05, 3.63) is 89.5 Å². The minimum absolute atomic E-state index is 0.289. The molecule has 0 saturated carbocycles. The Hall–Kier alpha value is -2.98. The number of rotatable bonds is 4. The van der Waals surface area contributed by atoms with Gasteiger partial charge in [-0.05, 0) is 42.3 Å². The predicted molar refractivity (Wildman–Crippen MR) is 106 cm³/mol. The van der Waals surface area contributed by atoms with E-state index >= 15 is 0 Å². The fraction of sp³-hybridized carbons (Fsp3) is 0.217. The van der Waals surface area contributed by atoms with Gasteiger partial charge in [0.1, 0.15) is 17.5 Å². The highest BCUT2D eigenvalue weighted by Gasteiger charge is 2.35. The van der Waals surface area contributed by atoms with E-state index in [0.717, 1.165) is 22.6 Å². The van der Waals surface area contributed by atoms with E-state index in [1.165, 1.54) is 5.56 Å². The molecule has 0 spiro atoms. The first-order valence-corrected chi connectivity index (χ1v) is 9.05. The van der Waals surface area contributed by atoms with Crippen LogP contribution in [0, 0.1) is 6.92 Å². The van der Waals surface area contributed by atoms with Crippen molar-refractivity contribution in [2.24, 2.45) is 0 Å². The summed E-state index contributed by atoms with van der Waals surface area (Å²) in [6.45, 7) is 2.71. The largest absolute Gasteiger partial charge is 0.497 e. The third kappa shape index (κ3) is 3.49. The Kier molecular flexibility index (Phi) is 4.73. The van der Waals surface area contributed by atoms with Crippen LogP contribution in [-0.2, 0) is 6.54 Å². The molecule has 0 radical (unpaired) electrons. The molecule has 1 N–H and O–H groups in total. The number of nitrogens with zero attached hydrogens (tertiary/aromatic N) is 1. The third-order valence-electron chi connectivity index (χ3n) is 4.96. The summed E-state index contributed by atoms with van der Waals surface area (Å²) in [5, 5.41) is 10.8. The Bertz CT molecular complexity index is 906. The van der Waals surface area contributed by atoms with Gasteiger partial charge in [0, 0.05) is 6.54 Å². The highest BCUT2D eigenvalue weighted by molar-refractivity contribution is 5.62. The molecule has 1 aliphatic rings. The van der Waals surface area contributed by atoms with Crippen LogP contribution >= 0.6 is 0 Å². The number of aliphatic hydroxyl groups is 1. The smallest absolute Gasteiger partial charge is 0.222 e. The summed E-state index contributed by atoms with van der Waals surface area (Å²) in [6.07, 6.45) is -0.944. The number of para-hydroxylation sites is 2. The number of anilines is 1. The Labute approximate surface area is 159 Å². The van der Waals surface area contributed by atoms with Gasteiger partial charge in [0.15, 0.2) is 0 Å². The van der Waals surface area contributed by atoms with Crippen LogP contribution in [-0.4, -0.2) is 18.5 Å². The number of fused-ring (bicyclic) bond motifs is 1. The van der Waals surface area contributed by atoms with E-state index in [1.807, 2.05) is 36.4 Å². The quantitative estimate of drug-likeness (QED) is 0.745. The summed E-state index contributed by atoms with van der Waals surface area (Å²) < 4.78 is 11.1. The van der Waals surface area contributed by atoms with Gasteiger partial charge < -0.3 is 19.5 Å². The number of hydrogen-bond donors (Lipinski definition) is 1. The lowest BCUT2D eigenvalue weighted by Crippen LogP contribution is -2.43. The van der Waals surface area contributed by atoms with Crippen molar-refractivity contribution >= 4 is 5.69 Å². The summed E-state index contributed by atoms with van der Waals surface area (Å²) in [6, 6.07) is 23.8. The van der Waals surface area contributed by atoms with Gasteiger partial charge in [0.25, 0.3) is 0 Å². The molecular weight excluding hydrogens is 338 g/mol. The number of benzene rings is 3. The van der Waals surface area contributed by atoms with E-state index in [0.29, 0.717) is 12.3 Å². The average Bonchev–Trinajstić information content (AvgIpc) is 2.69. The van der Waals surface area contributed by atoms with E-state index in [4.69, 9.17) is 9.47 Å². The lowest BCUT2D eigenvalue weighted by atomic mass is 9.99. The van der Waals surface area contributed by atoms with Crippen molar-refractivity contribution < 1.29 is 14.6 Å². The Balaban J connectivity index is 1.74. The van der Waals surface area contributed by atoms with E-state index in [-0.39, 0.29) is 6.04 Å². The molecule has 0 amide bonds. The molecule has 0 bridgehead atoms. The molecule has 27 heavy (non-hydrogen) atoms. The second-order valence-electron chi connectivity index (χ2n) is 6.81. The molecule has 4 nitrogen and oxygen atoms in total. The van der Waals surface area contributed by atoms with Crippen LogP contribution in [0.25, 0.3) is 0 Å². The molecule has 1 heterocycles. The monoisotopic (exact) mass is 361 g/mol. The fourth-order valence-corrected chi connectivity index (χ4v) is 3.51. The summed E-state index contributed by atoms with van der Waals surface area (Å²) in [5.74, 6) is 1.53. The Morgan fingerprint density at radius 2 is 1.67 bits per heavy atom. The van der Waals surface area contributed by atoms with Crippen molar-refractivity contribution in [2.45, 2.75) is 25.8 Å². The summed E-state index contributed by atoms with van der Waals surface area (Å²) in [5.41, 5.74) is 4.32. The minimum atomic E-state index is -0.944. The van der Waals surface area contributed by atoms with Crippen molar-refractivity contribution in [2.75, 3.05) is 12.0 Å². The summed E-state index contributed by atoms with van der Waals surface area (Å²) >= 11 is 0. The zero-order valence-corrected chi connectivity index (χ0v) is 15.5. The van der Waals surface area contributed by atoms with Crippen LogP contribution < -0.4 is 14.4 Å². The van der Waals surface area contributed by atoms with Gasteiger partial charge in [-0.15, -0.1) is 0 Å². The highest BCUT2D eigenvalue weighted by Crippen LogP contribution is 2.42. The molecule has 0 aromatic heterocycles. The number of methoxy groups -OCH3 is 1. The number of hydrogen-bond acceptors (Lipinski definition) is 4. The SMILES string of the molecule is COc1ccc(CN2c3ccccc3OC(O)C2c2ccc(C)cc2)cc1. The standard InChI is InChI=1S/C23H23NO3/c1-16-7-11-18(12-8-16)22-23(25)27-21-6-4-3-5-20(21)24(22)15-17-9-13-19(26-2)14-10-17/h3-14,22-23,25H,15H2,1-2H3. The summed E-state index contributed by atoms with van der Waals surface area (Å²) in [7, 11) is 1.66.